The van der Waals surface area contributed by atoms with Gasteiger partial charge >= 0.3 is 0 Å². The summed E-state index contributed by atoms with van der Waals surface area (Å²) in [6.07, 6.45) is -2.20. The number of hydrogen-bond donors (Lipinski definition) is 3. The van der Waals surface area contributed by atoms with Crippen LogP contribution < -0.4 is 5.32 Å². The van der Waals surface area contributed by atoms with Crippen LogP contribution in [-0.4, -0.2) is 58.0 Å². The first kappa shape index (κ1) is 15.2. The highest BCUT2D eigenvalue weighted by Crippen LogP contribution is 2.37. The SMILES string of the molecule is CNC1=N[C@@H]2[C@@H](O)[C@H](O)[C@@H](CSc3ccccc3)O[C@@H]2S1. The van der Waals surface area contributed by atoms with Crippen LogP contribution in [0.5, 0.6) is 0 Å². The van der Waals surface area contributed by atoms with E-state index in [4.69, 9.17) is 4.74 Å². The topological polar surface area (TPSA) is 74.1 Å². The zero-order valence-electron chi connectivity index (χ0n) is 11.5. The molecule has 7 heteroatoms. The molecule has 2 aliphatic rings. The summed E-state index contributed by atoms with van der Waals surface area (Å²) < 4.78 is 5.92. The number of nitrogens with one attached hydrogen (secondary N) is 1. The van der Waals surface area contributed by atoms with Crippen molar-refractivity contribution in [2.45, 2.75) is 34.7 Å². The molecular weight excluding hydrogens is 308 g/mol. The molecular formula is C14H18N2O3S2. The van der Waals surface area contributed by atoms with Crippen LogP contribution in [0.4, 0.5) is 0 Å². The van der Waals surface area contributed by atoms with E-state index in [2.05, 4.69) is 10.3 Å². The smallest absolute Gasteiger partial charge is 0.159 e. The van der Waals surface area contributed by atoms with Crippen LogP contribution in [0.25, 0.3) is 0 Å². The monoisotopic (exact) mass is 326 g/mol. The number of aliphatic imine (C=N–C) groups is 1. The van der Waals surface area contributed by atoms with E-state index in [-0.39, 0.29) is 5.44 Å². The van der Waals surface area contributed by atoms with Gasteiger partial charge in [0.25, 0.3) is 0 Å². The first-order valence-electron chi connectivity index (χ1n) is 6.80. The van der Waals surface area contributed by atoms with Crippen molar-refractivity contribution in [1.29, 1.82) is 0 Å². The van der Waals surface area contributed by atoms with Crippen molar-refractivity contribution in [2.75, 3.05) is 12.8 Å². The maximum absolute atomic E-state index is 10.2. The molecule has 0 radical (unpaired) electrons. The molecule has 3 N–H and O–H groups in total. The normalized spacial score (nSPS) is 35.2. The highest BCUT2D eigenvalue weighted by atomic mass is 32.2. The van der Waals surface area contributed by atoms with Crippen molar-refractivity contribution in [2.24, 2.45) is 4.99 Å². The molecule has 0 aliphatic carbocycles. The number of benzene rings is 1. The molecule has 0 aromatic heterocycles. The van der Waals surface area contributed by atoms with Crippen molar-refractivity contribution < 1.29 is 14.9 Å². The van der Waals surface area contributed by atoms with Crippen molar-refractivity contribution in [3.63, 3.8) is 0 Å². The fraction of sp³-hybridized carbons (Fsp3) is 0.500. The van der Waals surface area contributed by atoms with Gasteiger partial charge in [-0.25, -0.2) is 0 Å². The van der Waals surface area contributed by atoms with Crippen LogP contribution in [0, 0.1) is 0 Å². The lowest BCUT2D eigenvalue weighted by molar-refractivity contribution is -0.143. The molecule has 2 heterocycles. The number of aliphatic hydroxyl groups is 2. The van der Waals surface area contributed by atoms with Crippen molar-refractivity contribution in [3.05, 3.63) is 30.3 Å². The van der Waals surface area contributed by atoms with E-state index in [0.717, 1.165) is 10.1 Å². The largest absolute Gasteiger partial charge is 0.388 e. The highest BCUT2D eigenvalue weighted by molar-refractivity contribution is 8.14. The third-order valence-corrected chi connectivity index (χ3v) is 5.79. The zero-order chi connectivity index (χ0) is 14.8. The minimum absolute atomic E-state index is 0.229. The maximum Gasteiger partial charge on any atom is 0.159 e. The highest BCUT2D eigenvalue weighted by Gasteiger charge is 2.47. The summed E-state index contributed by atoms with van der Waals surface area (Å²) in [5.74, 6) is 0.598. The summed E-state index contributed by atoms with van der Waals surface area (Å²) in [7, 11) is 1.79. The fourth-order valence-electron chi connectivity index (χ4n) is 2.38. The van der Waals surface area contributed by atoms with E-state index in [1.54, 1.807) is 18.8 Å². The number of hydrogen-bond acceptors (Lipinski definition) is 7. The Kier molecular flexibility index (Phi) is 4.75. The second-order valence-electron chi connectivity index (χ2n) is 4.94. The first-order chi connectivity index (χ1) is 10.2. The van der Waals surface area contributed by atoms with Gasteiger partial charge in [0.1, 0.15) is 23.7 Å². The Balaban J connectivity index is 1.63. The Morgan fingerprint density at radius 3 is 2.76 bits per heavy atom. The standard InChI is InChI=1S/C14H18N2O3S2/c1-15-14-16-10-12(18)11(17)9(19-13(10)21-14)7-20-8-5-3-2-4-6-8/h2-6,9-13,17-18H,7H2,1H3,(H,15,16)/t9-,10-,11-,12-,13-/m1/s1. The van der Waals surface area contributed by atoms with E-state index in [1.165, 1.54) is 11.8 Å². The Morgan fingerprint density at radius 2 is 2.05 bits per heavy atom. The van der Waals surface area contributed by atoms with Gasteiger partial charge in [-0.3, -0.25) is 4.99 Å². The zero-order valence-corrected chi connectivity index (χ0v) is 13.2. The predicted molar refractivity (Wildman–Crippen MR) is 85.7 cm³/mol. The Bertz CT molecular complexity index is 514. The molecule has 5 nitrogen and oxygen atoms in total. The van der Waals surface area contributed by atoms with E-state index >= 15 is 0 Å². The second kappa shape index (κ2) is 6.58. The molecule has 2 aliphatic heterocycles. The summed E-state index contributed by atoms with van der Waals surface area (Å²) in [6, 6.07) is 9.56. The van der Waals surface area contributed by atoms with E-state index in [9.17, 15) is 10.2 Å². The van der Waals surface area contributed by atoms with Crippen LogP contribution >= 0.6 is 23.5 Å². The average molecular weight is 326 g/mol. The van der Waals surface area contributed by atoms with Crippen molar-refractivity contribution in [3.8, 4) is 0 Å². The van der Waals surface area contributed by atoms with Gasteiger partial charge in [0.05, 0.1) is 6.10 Å². The molecule has 1 saturated heterocycles. The third-order valence-electron chi connectivity index (χ3n) is 3.53. The Morgan fingerprint density at radius 1 is 1.29 bits per heavy atom. The molecule has 1 aromatic rings. The number of amidine groups is 1. The molecule has 0 amide bonds. The van der Waals surface area contributed by atoms with Gasteiger partial charge in [-0.05, 0) is 12.1 Å². The Hall–Kier alpha value is -0.730. The minimum Gasteiger partial charge on any atom is -0.388 e. The van der Waals surface area contributed by atoms with Gasteiger partial charge in [0.2, 0.25) is 0 Å². The number of aliphatic hydroxyl groups excluding tert-OH is 2. The molecule has 1 fully saturated rings. The summed E-state index contributed by atoms with van der Waals surface area (Å²) in [5, 5.41) is 24.2. The molecule has 114 valence electrons. The lowest BCUT2D eigenvalue weighted by Gasteiger charge is -2.38. The summed E-state index contributed by atoms with van der Waals surface area (Å²) in [5.41, 5.74) is -0.229. The van der Waals surface area contributed by atoms with Gasteiger partial charge in [0, 0.05) is 17.7 Å². The van der Waals surface area contributed by atoms with Gasteiger partial charge < -0.3 is 20.3 Å². The fourth-order valence-corrected chi connectivity index (χ4v) is 4.45. The van der Waals surface area contributed by atoms with Gasteiger partial charge in [-0.1, -0.05) is 30.0 Å². The number of thioether (sulfide) groups is 2. The van der Waals surface area contributed by atoms with Crippen molar-refractivity contribution in [1.82, 2.24) is 5.32 Å². The van der Waals surface area contributed by atoms with Crippen LogP contribution in [0.2, 0.25) is 0 Å². The second-order valence-corrected chi connectivity index (χ2v) is 7.12. The molecule has 3 rings (SSSR count). The number of nitrogens with zero attached hydrogens (tertiary/aromatic N) is 1. The van der Waals surface area contributed by atoms with Crippen LogP contribution in [0.3, 0.4) is 0 Å². The average Bonchev–Trinajstić information content (AvgIpc) is 2.94. The van der Waals surface area contributed by atoms with Gasteiger partial charge in [0.15, 0.2) is 5.17 Å². The lowest BCUT2D eigenvalue weighted by Crippen LogP contribution is -2.55. The molecule has 21 heavy (non-hydrogen) atoms. The van der Waals surface area contributed by atoms with Crippen LogP contribution in [-0.2, 0) is 4.74 Å². The third kappa shape index (κ3) is 3.22. The Labute approximate surface area is 132 Å². The molecule has 0 unspecified atom stereocenters. The van der Waals surface area contributed by atoms with E-state index in [0.29, 0.717) is 5.75 Å². The van der Waals surface area contributed by atoms with Gasteiger partial charge in [-0.15, -0.1) is 11.8 Å². The quantitative estimate of drug-likeness (QED) is 0.717. The molecule has 5 atom stereocenters. The molecule has 0 saturated carbocycles. The number of ether oxygens (including phenoxy) is 1. The molecule has 1 aromatic carbocycles. The lowest BCUT2D eigenvalue weighted by atomic mass is 9.99. The number of rotatable bonds is 3. The molecule has 0 bridgehead atoms. The summed E-state index contributed by atoms with van der Waals surface area (Å²) in [4.78, 5) is 5.46. The minimum atomic E-state index is -0.914. The number of fused-ring (bicyclic) bond motifs is 1. The maximum atomic E-state index is 10.2. The van der Waals surface area contributed by atoms with E-state index in [1.807, 2.05) is 30.3 Å². The predicted octanol–water partition coefficient (Wildman–Crippen LogP) is 0.916. The van der Waals surface area contributed by atoms with Crippen molar-refractivity contribution >= 4 is 28.7 Å². The van der Waals surface area contributed by atoms with Crippen LogP contribution in [0.15, 0.2) is 40.2 Å². The summed E-state index contributed by atoms with van der Waals surface area (Å²) in [6.45, 7) is 0. The van der Waals surface area contributed by atoms with E-state index < -0.39 is 24.4 Å². The summed E-state index contributed by atoms with van der Waals surface area (Å²) >= 11 is 3.08. The van der Waals surface area contributed by atoms with Gasteiger partial charge in [-0.2, -0.15) is 0 Å². The molecule has 0 spiro atoms. The first-order valence-corrected chi connectivity index (χ1v) is 8.67. The van der Waals surface area contributed by atoms with Crippen LogP contribution in [0.1, 0.15) is 0 Å².